The molecule has 0 N–H and O–H groups in total. The molecule has 2 rings (SSSR count). The first-order valence-electron chi connectivity index (χ1n) is 6.79. The summed E-state index contributed by atoms with van der Waals surface area (Å²) in [6, 6.07) is 8.01. The van der Waals surface area contributed by atoms with Crippen LogP contribution in [0.15, 0.2) is 28.7 Å². The SMILES string of the molecule is CCCCS(=O)(=O)N1CCCC1c1ccc(Br)cc1. The van der Waals surface area contributed by atoms with Crippen LogP contribution >= 0.6 is 15.9 Å². The van der Waals surface area contributed by atoms with Crippen LogP contribution in [0.1, 0.15) is 44.2 Å². The van der Waals surface area contributed by atoms with Crippen LogP contribution in [0.4, 0.5) is 0 Å². The summed E-state index contributed by atoms with van der Waals surface area (Å²) < 4.78 is 27.4. The first-order chi connectivity index (χ1) is 9.04. The second-order valence-electron chi connectivity index (χ2n) is 4.99. The van der Waals surface area contributed by atoms with Gasteiger partial charge in [0.2, 0.25) is 10.0 Å². The highest BCUT2D eigenvalue weighted by molar-refractivity contribution is 9.10. The molecule has 106 valence electrons. The molecule has 0 saturated carbocycles. The molecule has 1 aromatic carbocycles. The quantitative estimate of drug-likeness (QED) is 0.815. The van der Waals surface area contributed by atoms with Crippen molar-refractivity contribution in [2.24, 2.45) is 0 Å². The molecular formula is C14H20BrNO2S. The smallest absolute Gasteiger partial charge is 0.212 e. The summed E-state index contributed by atoms with van der Waals surface area (Å²) in [5.74, 6) is 0.274. The highest BCUT2D eigenvalue weighted by atomic mass is 79.9. The Bertz CT molecular complexity index is 513. The van der Waals surface area contributed by atoms with Gasteiger partial charge in [-0.05, 0) is 37.0 Å². The van der Waals surface area contributed by atoms with Crippen LogP contribution in [-0.4, -0.2) is 25.0 Å². The van der Waals surface area contributed by atoms with Crippen molar-refractivity contribution in [1.29, 1.82) is 0 Å². The Morgan fingerprint density at radius 3 is 2.63 bits per heavy atom. The lowest BCUT2D eigenvalue weighted by molar-refractivity contribution is 0.396. The first kappa shape index (κ1) is 15.0. The molecule has 1 atom stereocenters. The van der Waals surface area contributed by atoms with Crippen LogP contribution in [-0.2, 0) is 10.0 Å². The minimum atomic E-state index is -3.11. The molecule has 19 heavy (non-hydrogen) atoms. The molecule has 1 aliphatic rings. The van der Waals surface area contributed by atoms with E-state index in [9.17, 15) is 8.42 Å². The first-order valence-corrected chi connectivity index (χ1v) is 9.20. The van der Waals surface area contributed by atoms with E-state index in [4.69, 9.17) is 0 Å². The lowest BCUT2D eigenvalue weighted by Crippen LogP contribution is -2.32. The van der Waals surface area contributed by atoms with Crippen molar-refractivity contribution in [1.82, 2.24) is 4.31 Å². The molecule has 1 fully saturated rings. The van der Waals surface area contributed by atoms with E-state index in [0.29, 0.717) is 6.54 Å². The lowest BCUT2D eigenvalue weighted by atomic mass is 10.1. The van der Waals surface area contributed by atoms with E-state index in [1.807, 2.05) is 31.2 Å². The Morgan fingerprint density at radius 1 is 1.32 bits per heavy atom. The van der Waals surface area contributed by atoms with Gasteiger partial charge < -0.3 is 0 Å². The molecule has 5 heteroatoms. The number of hydrogen-bond acceptors (Lipinski definition) is 2. The molecule has 0 amide bonds. The zero-order chi connectivity index (χ0) is 13.9. The van der Waals surface area contributed by atoms with Gasteiger partial charge in [0.1, 0.15) is 0 Å². The fraction of sp³-hybridized carbons (Fsp3) is 0.571. The Hall–Kier alpha value is -0.390. The number of hydrogen-bond donors (Lipinski definition) is 0. The third-order valence-corrected chi connectivity index (χ3v) is 6.06. The van der Waals surface area contributed by atoms with Crippen molar-refractivity contribution in [3.8, 4) is 0 Å². The molecule has 1 unspecified atom stereocenters. The summed E-state index contributed by atoms with van der Waals surface area (Å²) in [7, 11) is -3.11. The predicted octanol–water partition coefficient (Wildman–Crippen LogP) is 3.72. The third kappa shape index (κ3) is 3.58. The standard InChI is InChI=1S/C14H20BrNO2S/c1-2-3-11-19(17,18)16-10-4-5-14(16)12-6-8-13(15)9-7-12/h6-9,14H,2-5,10-11H2,1H3. The van der Waals surface area contributed by atoms with Gasteiger partial charge in [0.25, 0.3) is 0 Å². The number of halogens is 1. The van der Waals surface area contributed by atoms with E-state index in [1.165, 1.54) is 0 Å². The van der Waals surface area contributed by atoms with Gasteiger partial charge in [0.15, 0.2) is 0 Å². The second kappa shape index (κ2) is 6.37. The number of nitrogens with zero attached hydrogens (tertiary/aromatic N) is 1. The molecule has 0 radical (unpaired) electrons. The summed E-state index contributed by atoms with van der Waals surface area (Å²) in [6.45, 7) is 2.68. The Morgan fingerprint density at radius 2 is 2.00 bits per heavy atom. The van der Waals surface area contributed by atoms with Gasteiger partial charge in [0, 0.05) is 17.1 Å². The summed E-state index contributed by atoms with van der Waals surface area (Å²) >= 11 is 3.41. The average Bonchev–Trinajstić information content (AvgIpc) is 2.87. The second-order valence-corrected chi connectivity index (χ2v) is 7.95. The largest absolute Gasteiger partial charge is 0.214 e. The van der Waals surface area contributed by atoms with Gasteiger partial charge in [0.05, 0.1) is 5.75 Å². The van der Waals surface area contributed by atoms with Crippen LogP contribution in [0.3, 0.4) is 0 Å². The zero-order valence-electron chi connectivity index (χ0n) is 11.2. The predicted molar refractivity (Wildman–Crippen MR) is 81.5 cm³/mol. The normalized spacial score (nSPS) is 20.8. The van der Waals surface area contributed by atoms with Crippen molar-refractivity contribution in [2.45, 2.75) is 38.6 Å². The molecule has 0 spiro atoms. The lowest BCUT2D eigenvalue weighted by Gasteiger charge is -2.24. The summed E-state index contributed by atoms with van der Waals surface area (Å²) in [5, 5.41) is 0. The van der Waals surface area contributed by atoms with E-state index in [2.05, 4.69) is 15.9 Å². The maximum atomic E-state index is 12.4. The van der Waals surface area contributed by atoms with Crippen molar-refractivity contribution in [2.75, 3.05) is 12.3 Å². The van der Waals surface area contributed by atoms with Crippen LogP contribution in [0, 0.1) is 0 Å². The molecular weight excluding hydrogens is 326 g/mol. The average molecular weight is 346 g/mol. The van der Waals surface area contributed by atoms with Gasteiger partial charge in [-0.1, -0.05) is 41.4 Å². The molecule has 1 aliphatic heterocycles. The number of unbranched alkanes of at least 4 members (excludes halogenated alkanes) is 1. The van der Waals surface area contributed by atoms with Crippen LogP contribution in [0.25, 0.3) is 0 Å². The minimum absolute atomic E-state index is 0.0231. The van der Waals surface area contributed by atoms with Gasteiger partial charge >= 0.3 is 0 Å². The van der Waals surface area contributed by atoms with Crippen molar-refractivity contribution >= 4 is 26.0 Å². The number of benzene rings is 1. The van der Waals surface area contributed by atoms with Gasteiger partial charge in [-0.2, -0.15) is 4.31 Å². The summed E-state index contributed by atoms with van der Waals surface area (Å²) in [5.41, 5.74) is 1.10. The summed E-state index contributed by atoms with van der Waals surface area (Å²) in [4.78, 5) is 0. The van der Waals surface area contributed by atoms with E-state index < -0.39 is 10.0 Å². The van der Waals surface area contributed by atoms with Crippen molar-refractivity contribution in [3.05, 3.63) is 34.3 Å². The maximum Gasteiger partial charge on any atom is 0.214 e. The van der Waals surface area contributed by atoms with Gasteiger partial charge in [-0.25, -0.2) is 8.42 Å². The minimum Gasteiger partial charge on any atom is -0.212 e. The Labute approximate surface area is 124 Å². The van der Waals surface area contributed by atoms with Crippen molar-refractivity contribution < 1.29 is 8.42 Å². The van der Waals surface area contributed by atoms with E-state index >= 15 is 0 Å². The topological polar surface area (TPSA) is 37.4 Å². The molecule has 1 heterocycles. The van der Waals surface area contributed by atoms with E-state index in [1.54, 1.807) is 4.31 Å². The highest BCUT2D eigenvalue weighted by Gasteiger charge is 2.34. The van der Waals surface area contributed by atoms with Crippen molar-refractivity contribution in [3.63, 3.8) is 0 Å². The molecule has 0 aliphatic carbocycles. The molecule has 0 aromatic heterocycles. The Balaban J connectivity index is 2.19. The van der Waals surface area contributed by atoms with E-state index in [-0.39, 0.29) is 11.8 Å². The molecule has 0 bridgehead atoms. The third-order valence-electron chi connectivity index (χ3n) is 3.57. The van der Waals surface area contributed by atoms with Crippen LogP contribution in [0.2, 0.25) is 0 Å². The summed E-state index contributed by atoms with van der Waals surface area (Å²) in [6.07, 6.45) is 3.53. The van der Waals surface area contributed by atoms with E-state index in [0.717, 1.165) is 35.7 Å². The van der Waals surface area contributed by atoms with Crippen LogP contribution < -0.4 is 0 Å². The molecule has 1 aromatic rings. The zero-order valence-corrected chi connectivity index (χ0v) is 13.6. The van der Waals surface area contributed by atoms with Crippen LogP contribution in [0.5, 0.6) is 0 Å². The highest BCUT2D eigenvalue weighted by Crippen LogP contribution is 2.35. The number of rotatable bonds is 5. The molecule has 3 nitrogen and oxygen atoms in total. The fourth-order valence-corrected chi connectivity index (χ4v) is 4.71. The molecule has 1 saturated heterocycles. The monoisotopic (exact) mass is 345 g/mol. The number of sulfonamides is 1. The van der Waals surface area contributed by atoms with Gasteiger partial charge in [-0.3, -0.25) is 0 Å². The maximum absolute atomic E-state index is 12.4. The Kier molecular flexibility index (Phi) is 5.03. The van der Waals surface area contributed by atoms with Gasteiger partial charge in [-0.15, -0.1) is 0 Å². The fourth-order valence-electron chi connectivity index (χ4n) is 2.54.